The minimum absolute atomic E-state index is 0.229. The Morgan fingerprint density at radius 1 is 0.781 bits per heavy atom. The third kappa shape index (κ3) is 6.66. The van der Waals surface area contributed by atoms with Gasteiger partial charge in [-0.25, -0.2) is 0 Å². The lowest BCUT2D eigenvalue weighted by atomic mass is 10.1. The van der Waals surface area contributed by atoms with Gasteiger partial charge in [-0.15, -0.1) is 0 Å². The van der Waals surface area contributed by atoms with Crippen molar-refractivity contribution >= 4 is 92.6 Å². The molecule has 0 radical (unpaired) electrons. The molecule has 2 aromatic carbocycles. The summed E-state index contributed by atoms with van der Waals surface area (Å²) in [6.07, 6.45) is 0. The van der Waals surface area contributed by atoms with Crippen LogP contribution < -0.4 is 10.9 Å². The Hall–Kier alpha value is -1.68. The molecule has 170 valence electrons. The van der Waals surface area contributed by atoms with Gasteiger partial charge in [-0.1, -0.05) is 70.8 Å². The van der Waals surface area contributed by atoms with E-state index in [9.17, 15) is 9.59 Å². The molecule has 2 amide bonds. The molecule has 0 saturated carbocycles. The number of hydrogen-bond acceptors (Lipinski definition) is 4. The lowest BCUT2D eigenvalue weighted by Crippen LogP contribution is -2.51. The molecule has 0 heterocycles. The second kappa shape index (κ2) is 11.4. The van der Waals surface area contributed by atoms with Crippen molar-refractivity contribution < 1.29 is 9.59 Å². The monoisotopic (exact) mass is 550 g/mol. The van der Waals surface area contributed by atoms with Gasteiger partial charge in [0.2, 0.25) is 0 Å². The summed E-state index contributed by atoms with van der Waals surface area (Å²) in [4.78, 5) is 25.6. The topological polar surface area (TPSA) is 64.7 Å². The minimum atomic E-state index is -1.07. The van der Waals surface area contributed by atoms with E-state index in [0.29, 0.717) is 31.2 Å². The summed E-state index contributed by atoms with van der Waals surface area (Å²) in [6, 6.07) is 9.62. The molecule has 2 N–H and O–H groups in total. The standard InChI is InChI=1S/C20H18Cl4N4O2S2/c1-10(17(29)25-27(2)19(31)13-8-11(21)4-6-15(13)23)18(30)26-28(3)20(32)14-9-12(22)5-7-16(14)24/h4-10H,1-3H3,(H,25,29)(H,26,30). The van der Waals surface area contributed by atoms with Crippen molar-refractivity contribution in [2.24, 2.45) is 5.92 Å². The van der Waals surface area contributed by atoms with Crippen molar-refractivity contribution in [2.75, 3.05) is 14.1 Å². The van der Waals surface area contributed by atoms with E-state index in [0.717, 1.165) is 0 Å². The Balaban J connectivity index is 2.01. The van der Waals surface area contributed by atoms with Crippen LogP contribution in [0.2, 0.25) is 20.1 Å². The van der Waals surface area contributed by atoms with Crippen LogP contribution in [0.3, 0.4) is 0 Å². The summed E-state index contributed by atoms with van der Waals surface area (Å²) in [5, 5.41) is 4.22. The normalized spacial score (nSPS) is 10.5. The van der Waals surface area contributed by atoms with Crippen molar-refractivity contribution in [3.63, 3.8) is 0 Å². The fourth-order valence-electron chi connectivity index (χ4n) is 2.43. The molecule has 6 nitrogen and oxygen atoms in total. The van der Waals surface area contributed by atoms with Crippen LogP contribution in [0.1, 0.15) is 18.1 Å². The second-order valence-corrected chi connectivity index (χ2v) is 9.11. The summed E-state index contributed by atoms with van der Waals surface area (Å²) < 4.78 is 0. The number of carbonyl (C=O) groups excluding carboxylic acids is 2. The summed E-state index contributed by atoms with van der Waals surface area (Å²) >= 11 is 35.0. The number of hydrazine groups is 2. The van der Waals surface area contributed by atoms with Crippen molar-refractivity contribution in [3.05, 3.63) is 67.6 Å². The van der Waals surface area contributed by atoms with Crippen LogP contribution in [0.4, 0.5) is 0 Å². The molecule has 0 bridgehead atoms. The Kier molecular flexibility index (Phi) is 9.51. The Morgan fingerprint density at radius 2 is 1.12 bits per heavy atom. The maximum atomic E-state index is 12.6. The molecule has 32 heavy (non-hydrogen) atoms. The van der Waals surface area contributed by atoms with E-state index in [-0.39, 0.29) is 9.98 Å². The third-order valence-electron chi connectivity index (χ3n) is 4.27. The van der Waals surface area contributed by atoms with Gasteiger partial charge < -0.3 is 0 Å². The zero-order valence-electron chi connectivity index (χ0n) is 17.1. The van der Waals surface area contributed by atoms with Gasteiger partial charge in [0, 0.05) is 35.3 Å². The fourth-order valence-corrected chi connectivity index (χ4v) is 3.73. The Morgan fingerprint density at radius 3 is 1.47 bits per heavy atom. The molecular formula is C20H18Cl4N4O2S2. The molecule has 0 atom stereocenters. The van der Waals surface area contributed by atoms with Crippen LogP contribution in [0, 0.1) is 5.92 Å². The molecular weight excluding hydrogens is 534 g/mol. The molecule has 0 aliphatic carbocycles. The lowest BCUT2D eigenvalue weighted by Gasteiger charge is -2.26. The molecule has 0 aliphatic heterocycles. The van der Waals surface area contributed by atoms with Gasteiger partial charge in [0.1, 0.15) is 15.9 Å². The van der Waals surface area contributed by atoms with Gasteiger partial charge >= 0.3 is 0 Å². The van der Waals surface area contributed by atoms with E-state index in [4.69, 9.17) is 70.8 Å². The van der Waals surface area contributed by atoms with Crippen LogP contribution in [0.15, 0.2) is 36.4 Å². The predicted octanol–water partition coefficient (Wildman–Crippen LogP) is 4.91. The number of hydrogen-bond donors (Lipinski definition) is 2. The first-order chi connectivity index (χ1) is 14.9. The molecule has 0 unspecified atom stereocenters. The number of amides is 2. The van der Waals surface area contributed by atoms with Gasteiger partial charge in [0.15, 0.2) is 0 Å². The molecule has 2 rings (SSSR count). The van der Waals surface area contributed by atoms with Crippen LogP contribution in [0.25, 0.3) is 0 Å². The predicted molar refractivity (Wildman–Crippen MR) is 137 cm³/mol. The first-order valence-electron chi connectivity index (χ1n) is 8.99. The van der Waals surface area contributed by atoms with Crippen molar-refractivity contribution in [3.8, 4) is 0 Å². The minimum Gasteiger partial charge on any atom is -0.277 e. The number of benzene rings is 2. The molecule has 12 heteroatoms. The quantitative estimate of drug-likeness (QED) is 0.319. The van der Waals surface area contributed by atoms with Gasteiger partial charge in [0.05, 0.1) is 10.0 Å². The largest absolute Gasteiger partial charge is 0.277 e. The Labute approximate surface area is 216 Å². The van der Waals surface area contributed by atoms with Crippen molar-refractivity contribution in [2.45, 2.75) is 6.92 Å². The molecule has 2 aromatic rings. The fraction of sp³-hybridized carbons (Fsp3) is 0.200. The second-order valence-electron chi connectivity index (χ2n) is 6.65. The first-order valence-corrected chi connectivity index (χ1v) is 11.3. The zero-order valence-corrected chi connectivity index (χ0v) is 21.7. The van der Waals surface area contributed by atoms with Crippen molar-refractivity contribution in [1.29, 1.82) is 0 Å². The number of nitrogens with one attached hydrogen (secondary N) is 2. The summed E-state index contributed by atoms with van der Waals surface area (Å²) in [7, 11) is 3.06. The first kappa shape index (κ1) is 26.6. The average molecular weight is 552 g/mol. The number of halogens is 4. The van der Waals surface area contributed by atoms with Crippen LogP contribution in [0.5, 0.6) is 0 Å². The lowest BCUT2D eigenvalue weighted by molar-refractivity contribution is -0.137. The van der Waals surface area contributed by atoms with E-state index in [2.05, 4.69) is 10.9 Å². The van der Waals surface area contributed by atoms with Crippen LogP contribution in [-0.2, 0) is 9.59 Å². The summed E-state index contributed by atoms with van der Waals surface area (Å²) in [5.41, 5.74) is 6.05. The highest BCUT2D eigenvalue weighted by Gasteiger charge is 2.25. The highest BCUT2D eigenvalue weighted by molar-refractivity contribution is 7.81. The molecule has 0 aromatic heterocycles. The number of nitrogens with zero attached hydrogens (tertiary/aromatic N) is 2. The smallest absolute Gasteiger partial charge is 0.250 e. The molecule has 0 aliphatic rings. The highest BCUT2D eigenvalue weighted by atomic mass is 35.5. The number of carbonyl (C=O) groups is 2. The van der Waals surface area contributed by atoms with E-state index < -0.39 is 17.7 Å². The van der Waals surface area contributed by atoms with Crippen molar-refractivity contribution in [1.82, 2.24) is 20.9 Å². The van der Waals surface area contributed by atoms with Crippen LogP contribution >= 0.6 is 70.8 Å². The van der Waals surface area contributed by atoms with Gasteiger partial charge in [-0.05, 0) is 43.3 Å². The van der Waals surface area contributed by atoms with E-state index in [1.165, 1.54) is 31.0 Å². The molecule has 0 fully saturated rings. The molecule has 0 saturated heterocycles. The summed E-state index contributed by atoms with van der Waals surface area (Å²) in [5.74, 6) is -2.26. The zero-order chi connectivity index (χ0) is 24.2. The maximum absolute atomic E-state index is 12.6. The number of thiocarbonyl (C=S) groups is 2. The highest BCUT2D eigenvalue weighted by Crippen LogP contribution is 2.23. The van der Waals surface area contributed by atoms with E-state index >= 15 is 0 Å². The SMILES string of the molecule is CC(C(=O)NN(C)C(=S)c1cc(Cl)ccc1Cl)C(=O)NN(C)C(=S)c1cc(Cl)ccc1Cl. The van der Waals surface area contributed by atoms with E-state index in [1.807, 2.05) is 0 Å². The van der Waals surface area contributed by atoms with Gasteiger partial charge in [-0.3, -0.25) is 30.5 Å². The number of rotatable bonds is 4. The maximum Gasteiger partial charge on any atom is 0.250 e. The van der Waals surface area contributed by atoms with Crippen LogP contribution in [-0.4, -0.2) is 45.9 Å². The summed E-state index contributed by atoms with van der Waals surface area (Å²) in [6.45, 7) is 1.44. The van der Waals surface area contributed by atoms with E-state index in [1.54, 1.807) is 36.4 Å². The van der Waals surface area contributed by atoms with Gasteiger partial charge in [-0.2, -0.15) is 0 Å². The third-order valence-corrected chi connectivity index (χ3v) is 6.39. The Bertz CT molecular complexity index is 1000. The average Bonchev–Trinajstić information content (AvgIpc) is 2.75. The van der Waals surface area contributed by atoms with Gasteiger partial charge in [0.25, 0.3) is 11.8 Å². The molecule has 0 spiro atoms.